The maximum Gasteiger partial charge on any atom is 0.170 e. The molecule has 0 saturated carbocycles. The van der Waals surface area contributed by atoms with E-state index in [0.29, 0.717) is 11.2 Å². The third-order valence-electron chi connectivity index (χ3n) is 3.11. The number of hydrogen-bond acceptors (Lipinski definition) is 1. The lowest BCUT2D eigenvalue weighted by atomic mass is 10.0. The second-order valence-electron chi connectivity index (χ2n) is 5.69. The summed E-state index contributed by atoms with van der Waals surface area (Å²) in [6.07, 6.45) is 3.69. The van der Waals surface area contributed by atoms with Crippen molar-refractivity contribution in [2.24, 2.45) is 5.92 Å². The molecule has 1 unspecified atom stereocenters. The fourth-order valence-corrected chi connectivity index (χ4v) is 2.25. The standard InChI is InChI=1S/C16H26N2S/c1-12(2)6-5-7-14(4)17-16(19)18-15-10-8-13(3)9-11-15/h8-12,14H,5-7H2,1-4H3,(H2,17,18,19). The Hall–Kier alpha value is -1.09. The van der Waals surface area contributed by atoms with Crippen LogP contribution in [0, 0.1) is 12.8 Å². The molecule has 1 aromatic rings. The van der Waals surface area contributed by atoms with Gasteiger partial charge in [-0.1, -0.05) is 44.4 Å². The van der Waals surface area contributed by atoms with E-state index in [2.05, 4.69) is 50.5 Å². The molecule has 0 aliphatic carbocycles. The van der Waals surface area contributed by atoms with Crippen LogP contribution in [0.4, 0.5) is 5.69 Å². The van der Waals surface area contributed by atoms with Crippen LogP contribution in [0.15, 0.2) is 24.3 Å². The summed E-state index contributed by atoms with van der Waals surface area (Å²) in [6.45, 7) is 8.80. The molecule has 0 heterocycles. The van der Waals surface area contributed by atoms with E-state index < -0.39 is 0 Å². The molecule has 0 aromatic heterocycles. The Kier molecular flexibility index (Phi) is 6.85. The SMILES string of the molecule is Cc1ccc(NC(=S)NC(C)CCCC(C)C)cc1. The van der Waals surface area contributed by atoms with Gasteiger partial charge in [-0.05, 0) is 50.5 Å². The zero-order valence-corrected chi connectivity index (χ0v) is 13.3. The summed E-state index contributed by atoms with van der Waals surface area (Å²) >= 11 is 5.32. The van der Waals surface area contributed by atoms with Crippen molar-refractivity contribution in [3.63, 3.8) is 0 Å². The fraction of sp³-hybridized carbons (Fsp3) is 0.562. The van der Waals surface area contributed by atoms with Crippen LogP contribution >= 0.6 is 12.2 Å². The number of aryl methyl sites for hydroxylation is 1. The molecule has 1 atom stereocenters. The van der Waals surface area contributed by atoms with Gasteiger partial charge in [-0.2, -0.15) is 0 Å². The summed E-state index contributed by atoms with van der Waals surface area (Å²) in [4.78, 5) is 0. The van der Waals surface area contributed by atoms with Gasteiger partial charge in [-0.3, -0.25) is 0 Å². The molecule has 1 rings (SSSR count). The summed E-state index contributed by atoms with van der Waals surface area (Å²) < 4.78 is 0. The number of hydrogen-bond donors (Lipinski definition) is 2. The van der Waals surface area contributed by atoms with Gasteiger partial charge < -0.3 is 10.6 Å². The highest BCUT2D eigenvalue weighted by molar-refractivity contribution is 7.80. The average Bonchev–Trinajstić information content (AvgIpc) is 2.31. The van der Waals surface area contributed by atoms with Crippen molar-refractivity contribution < 1.29 is 0 Å². The molecule has 0 aliphatic rings. The number of thiocarbonyl (C=S) groups is 1. The Morgan fingerprint density at radius 1 is 1.11 bits per heavy atom. The summed E-state index contributed by atoms with van der Waals surface area (Å²) in [5, 5.41) is 7.27. The molecular weight excluding hydrogens is 252 g/mol. The summed E-state index contributed by atoms with van der Waals surface area (Å²) in [5.74, 6) is 0.782. The van der Waals surface area contributed by atoms with Crippen molar-refractivity contribution in [1.29, 1.82) is 0 Å². The molecule has 0 bridgehead atoms. The molecule has 19 heavy (non-hydrogen) atoms. The maximum absolute atomic E-state index is 5.32. The van der Waals surface area contributed by atoms with Gasteiger partial charge in [0.05, 0.1) is 0 Å². The van der Waals surface area contributed by atoms with Crippen molar-refractivity contribution in [2.45, 2.75) is 53.0 Å². The van der Waals surface area contributed by atoms with Crippen LogP contribution in [0.25, 0.3) is 0 Å². The van der Waals surface area contributed by atoms with Crippen LogP contribution in [0.2, 0.25) is 0 Å². The van der Waals surface area contributed by atoms with Crippen molar-refractivity contribution in [3.05, 3.63) is 29.8 Å². The van der Waals surface area contributed by atoms with E-state index >= 15 is 0 Å². The monoisotopic (exact) mass is 278 g/mol. The predicted octanol–water partition coefficient (Wildman–Crippen LogP) is 4.50. The third-order valence-corrected chi connectivity index (χ3v) is 3.33. The van der Waals surface area contributed by atoms with E-state index in [-0.39, 0.29) is 0 Å². The van der Waals surface area contributed by atoms with E-state index in [1.54, 1.807) is 0 Å². The quantitative estimate of drug-likeness (QED) is 0.749. The number of anilines is 1. The Balaban J connectivity index is 2.28. The Morgan fingerprint density at radius 2 is 1.74 bits per heavy atom. The van der Waals surface area contributed by atoms with Crippen LogP contribution in [-0.4, -0.2) is 11.2 Å². The van der Waals surface area contributed by atoms with E-state index in [4.69, 9.17) is 12.2 Å². The minimum Gasteiger partial charge on any atom is -0.360 e. The first-order valence-corrected chi connectivity index (χ1v) is 7.52. The fourth-order valence-electron chi connectivity index (χ4n) is 1.93. The first kappa shape index (κ1) is 16.0. The normalized spacial score (nSPS) is 12.3. The molecule has 0 aliphatic heterocycles. The highest BCUT2D eigenvalue weighted by atomic mass is 32.1. The average molecular weight is 278 g/mol. The Morgan fingerprint density at radius 3 is 2.32 bits per heavy atom. The van der Waals surface area contributed by atoms with Crippen molar-refractivity contribution in [2.75, 3.05) is 5.32 Å². The largest absolute Gasteiger partial charge is 0.360 e. The topological polar surface area (TPSA) is 24.1 Å². The van der Waals surface area contributed by atoms with Crippen molar-refractivity contribution in [1.82, 2.24) is 5.32 Å². The van der Waals surface area contributed by atoms with Gasteiger partial charge >= 0.3 is 0 Å². The van der Waals surface area contributed by atoms with Crippen molar-refractivity contribution in [3.8, 4) is 0 Å². The van der Waals surface area contributed by atoms with Crippen LogP contribution in [0.5, 0.6) is 0 Å². The summed E-state index contributed by atoms with van der Waals surface area (Å²) in [6, 6.07) is 8.68. The molecule has 2 nitrogen and oxygen atoms in total. The molecule has 1 aromatic carbocycles. The molecule has 3 heteroatoms. The van der Waals surface area contributed by atoms with Gasteiger partial charge in [-0.25, -0.2) is 0 Å². The van der Waals surface area contributed by atoms with Crippen LogP contribution < -0.4 is 10.6 Å². The molecule has 0 amide bonds. The smallest absolute Gasteiger partial charge is 0.170 e. The van der Waals surface area contributed by atoms with E-state index in [1.165, 1.54) is 18.4 Å². The summed E-state index contributed by atoms with van der Waals surface area (Å²) in [5.41, 5.74) is 2.30. The number of rotatable bonds is 6. The summed E-state index contributed by atoms with van der Waals surface area (Å²) in [7, 11) is 0. The zero-order chi connectivity index (χ0) is 14.3. The number of nitrogens with one attached hydrogen (secondary N) is 2. The molecule has 0 spiro atoms. The minimum absolute atomic E-state index is 0.421. The van der Waals surface area contributed by atoms with E-state index in [1.807, 2.05) is 12.1 Å². The highest BCUT2D eigenvalue weighted by Gasteiger charge is 2.05. The highest BCUT2D eigenvalue weighted by Crippen LogP contribution is 2.10. The van der Waals surface area contributed by atoms with Gasteiger partial charge in [0.1, 0.15) is 0 Å². The molecule has 0 fully saturated rings. The van der Waals surface area contributed by atoms with Gasteiger partial charge in [0.15, 0.2) is 5.11 Å². The molecule has 106 valence electrons. The third kappa shape index (κ3) is 7.16. The first-order valence-electron chi connectivity index (χ1n) is 7.11. The van der Waals surface area contributed by atoms with Crippen LogP contribution in [0.1, 0.15) is 45.6 Å². The first-order chi connectivity index (χ1) is 8.97. The van der Waals surface area contributed by atoms with Gasteiger partial charge in [0.2, 0.25) is 0 Å². The second-order valence-corrected chi connectivity index (χ2v) is 6.10. The Labute approximate surface area is 123 Å². The van der Waals surface area contributed by atoms with Gasteiger partial charge in [0.25, 0.3) is 0 Å². The second kappa shape index (κ2) is 8.16. The molecule has 2 N–H and O–H groups in total. The molecule has 0 saturated heterocycles. The van der Waals surface area contributed by atoms with Crippen LogP contribution in [0.3, 0.4) is 0 Å². The lowest BCUT2D eigenvalue weighted by Gasteiger charge is -2.17. The number of benzene rings is 1. The predicted molar refractivity (Wildman–Crippen MR) is 88.7 cm³/mol. The van der Waals surface area contributed by atoms with Gasteiger partial charge in [-0.15, -0.1) is 0 Å². The lowest BCUT2D eigenvalue weighted by molar-refractivity contribution is 0.495. The minimum atomic E-state index is 0.421. The Bertz CT molecular complexity index is 384. The zero-order valence-electron chi connectivity index (χ0n) is 12.5. The lowest BCUT2D eigenvalue weighted by Crippen LogP contribution is -2.35. The molecular formula is C16H26N2S. The maximum atomic E-state index is 5.32. The van der Waals surface area contributed by atoms with E-state index in [9.17, 15) is 0 Å². The van der Waals surface area contributed by atoms with Crippen LogP contribution in [-0.2, 0) is 0 Å². The van der Waals surface area contributed by atoms with E-state index in [0.717, 1.165) is 18.0 Å². The molecule has 0 radical (unpaired) electrons. The van der Waals surface area contributed by atoms with Gasteiger partial charge in [0, 0.05) is 11.7 Å². The van der Waals surface area contributed by atoms with Crippen molar-refractivity contribution >= 4 is 23.0 Å².